The van der Waals surface area contributed by atoms with Gasteiger partial charge in [0.2, 0.25) is 11.9 Å². The zero-order valence-electron chi connectivity index (χ0n) is 15.5. The van der Waals surface area contributed by atoms with Gasteiger partial charge in [0.1, 0.15) is 6.04 Å². The van der Waals surface area contributed by atoms with Crippen LogP contribution in [0.4, 0.5) is 29.6 Å². The smallest absolute Gasteiger partial charge is 0.318 e. The zero-order chi connectivity index (χ0) is 21.0. The molecule has 0 unspecified atom stereocenters. The third kappa shape index (κ3) is 4.92. The van der Waals surface area contributed by atoms with Crippen LogP contribution in [0.25, 0.3) is 0 Å². The van der Waals surface area contributed by atoms with Crippen LogP contribution in [0.2, 0.25) is 0 Å². The Morgan fingerprint density at radius 2 is 1.62 bits per heavy atom. The first-order valence-corrected chi connectivity index (χ1v) is 8.88. The molecule has 0 bridgehead atoms. The number of piperazine rings is 1. The minimum atomic E-state index is -1.62. The number of nitrogens with one attached hydrogen (secondary N) is 2. The summed E-state index contributed by atoms with van der Waals surface area (Å²) in [6, 6.07) is 1.62. The Morgan fingerprint density at radius 1 is 1.03 bits per heavy atom. The Kier molecular flexibility index (Phi) is 6.15. The maximum atomic E-state index is 13.2. The SMILES string of the molecule is C[C@@H](NC(=O)N1CCN(c2ncccn2)CC1)C(=O)Nc1cc(F)c(F)c(F)c1. The molecule has 1 aliphatic rings. The maximum absolute atomic E-state index is 13.2. The molecule has 3 rings (SSSR count). The Hall–Kier alpha value is -3.37. The second-order valence-corrected chi connectivity index (χ2v) is 6.44. The van der Waals surface area contributed by atoms with Crippen LogP contribution in [-0.2, 0) is 4.79 Å². The maximum Gasteiger partial charge on any atom is 0.318 e. The molecule has 1 fully saturated rings. The van der Waals surface area contributed by atoms with Crippen LogP contribution in [0, 0.1) is 17.5 Å². The number of hydrogen-bond acceptors (Lipinski definition) is 5. The van der Waals surface area contributed by atoms with E-state index >= 15 is 0 Å². The zero-order valence-corrected chi connectivity index (χ0v) is 15.5. The fourth-order valence-electron chi connectivity index (χ4n) is 2.78. The van der Waals surface area contributed by atoms with Gasteiger partial charge in [0.25, 0.3) is 0 Å². The minimum absolute atomic E-state index is 0.246. The fraction of sp³-hybridized carbons (Fsp3) is 0.333. The molecular weight excluding hydrogens is 389 g/mol. The van der Waals surface area contributed by atoms with E-state index in [1.807, 2.05) is 4.90 Å². The number of hydrogen-bond donors (Lipinski definition) is 2. The molecule has 0 aliphatic carbocycles. The number of rotatable bonds is 4. The van der Waals surface area contributed by atoms with E-state index < -0.39 is 35.4 Å². The predicted molar refractivity (Wildman–Crippen MR) is 98.8 cm³/mol. The van der Waals surface area contributed by atoms with Gasteiger partial charge in [-0.25, -0.2) is 27.9 Å². The van der Waals surface area contributed by atoms with E-state index in [2.05, 4.69) is 20.6 Å². The standard InChI is InChI=1S/C18H19F3N6O2/c1-11(16(28)25-12-9-13(19)15(21)14(20)10-12)24-18(29)27-7-5-26(6-8-27)17-22-3-2-4-23-17/h2-4,9-11H,5-8H2,1H3,(H,24,29)(H,25,28)/t11-/m1/s1. The molecule has 0 radical (unpaired) electrons. The van der Waals surface area contributed by atoms with Crippen molar-refractivity contribution in [2.24, 2.45) is 0 Å². The molecule has 1 aromatic carbocycles. The monoisotopic (exact) mass is 408 g/mol. The Labute approximate surface area is 164 Å². The van der Waals surface area contributed by atoms with Crippen molar-refractivity contribution in [2.75, 3.05) is 36.4 Å². The molecule has 8 nitrogen and oxygen atoms in total. The first-order valence-electron chi connectivity index (χ1n) is 8.88. The number of carbonyl (C=O) groups is 2. The fourth-order valence-corrected chi connectivity index (χ4v) is 2.78. The molecule has 2 N–H and O–H groups in total. The summed E-state index contributed by atoms with van der Waals surface area (Å²) >= 11 is 0. The topological polar surface area (TPSA) is 90.5 Å². The third-order valence-electron chi connectivity index (χ3n) is 4.39. The van der Waals surface area contributed by atoms with E-state index in [0.29, 0.717) is 44.3 Å². The van der Waals surface area contributed by atoms with E-state index in [1.54, 1.807) is 23.4 Å². The number of urea groups is 1. The van der Waals surface area contributed by atoms with Gasteiger partial charge in [0.05, 0.1) is 0 Å². The van der Waals surface area contributed by atoms with Gasteiger partial charge in [-0.1, -0.05) is 0 Å². The summed E-state index contributed by atoms with van der Waals surface area (Å²) < 4.78 is 39.5. The third-order valence-corrected chi connectivity index (χ3v) is 4.39. The van der Waals surface area contributed by atoms with E-state index in [-0.39, 0.29) is 5.69 Å². The number of anilines is 2. The molecule has 1 aliphatic heterocycles. The van der Waals surface area contributed by atoms with E-state index in [9.17, 15) is 22.8 Å². The lowest BCUT2D eigenvalue weighted by Crippen LogP contribution is -2.55. The van der Waals surface area contributed by atoms with Gasteiger partial charge in [0, 0.05) is 56.4 Å². The molecule has 1 atom stereocenters. The summed E-state index contributed by atoms with van der Waals surface area (Å²) in [6.45, 7) is 3.31. The van der Waals surface area contributed by atoms with E-state index in [0.717, 1.165) is 0 Å². The molecule has 154 valence electrons. The quantitative estimate of drug-likeness (QED) is 0.753. The second-order valence-electron chi connectivity index (χ2n) is 6.44. The first-order chi connectivity index (χ1) is 13.8. The lowest BCUT2D eigenvalue weighted by molar-refractivity contribution is -0.117. The van der Waals surface area contributed by atoms with Crippen molar-refractivity contribution < 1.29 is 22.8 Å². The molecule has 2 aromatic rings. The summed E-state index contributed by atoms with van der Waals surface area (Å²) in [4.78, 5) is 36.4. The van der Waals surface area contributed by atoms with Gasteiger partial charge in [-0.05, 0) is 13.0 Å². The van der Waals surface area contributed by atoms with Crippen LogP contribution in [-0.4, -0.2) is 59.0 Å². The molecule has 11 heteroatoms. The van der Waals surface area contributed by atoms with Crippen LogP contribution < -0.4 is 15.5 Å². The lowest BCUT2D eigenvalue weighted by Gasteiger charge is -2.35. The highest BCUT2D eigenvalue weighted by Crippen LogP contribution is 2.17. The summed E-state index contributed by atoms with van der Waals surface area (Å²) in [5.41, 5.74) is -0.246. The highest BCUT2D eigenvalue weighted by atomic mass is 19.2. The predicted octanol–water partition coefficient (Wildman–Crippen LogP) is 1.75. The van der Waals surface area contributed by atoms with Gasteiger partial charge in [0.15, 0.2) is 17.5 Å². The second kappa shape index (κ2) is 8.76. The number of benzene rings is 1. The summed E-state index contributed by atoms with van der Waals surface area (Å²) in [5, 5.41) is 4.77. The average molecular weight is 408 g/mol. The molecular formula is C18H19F3N6O2. The Bertz CT molecular complexity index is 867. The number of amides is 3. The van der Waals surface area contributed by atoms with Gasteiger partial charge < -0.3 is 20.4 Å². The number of nitrogens with zero attached hydrogens (tertiary/aromatic N) is 4. The largest absolute Gasteiger partial charge is 0.337 e. The van der Waals surface area contributed by atoms with Crippen LogP contribution in [0.5, 0.6) is 0 Å². The first kappa shape index (κ1) is 20.4. The molecule has 1 saturated heterocycles. The number of carbonyl (C=O) groups excluding carboxylic acids is 2. The molecule has 2 heterocycles. The summed E-state index contributed by atoms with van der Waals surface area (Å²) in [6.07, 6.45) is 3.28. The van der Waals surface area contributed by atoms with Crippen molar-refractivity contribution >= 4 is 23.6 Å². The van der Waals surface area contributed by atoms with Gasteiger partial charge in [-0.2, -0.15) is 0 Å². The van der Waals surface area contributed by atoms with Gasteiger partial charge in [-0.3, -0.25) is 4.79 Å². The van der Waals surface area contributed by atoms with E-state index in [4.69, 9.17) is 0 Å². The van der Waals surface area contributed by atoms with Gasteiger partial charge in [-0.15, -0.1) is 0 Å². The average Bonchev–Trinajstić information content (AvgIpc) is 2.72. The van der Waals surface area contributed by atoms with E-state index in [1.165, 1.54) is 6.92 Å². The van der Waals surface area contributed by atoms with Crippen molar-refractivity contribution in [1.82, 2.24) is 20.2 Å². The Balaban J connectivity index is 1.51. The molecule has 1 aromatic heterocycles. The van der Waals surface area contributed by atoms with Crippen LogP contribution >= 0.6 is 0 Å². The summed E-state index contributed by atoms with van der Waals surface area (Å²) in [5.74, 6) is -4.57. The molecule has 3 amide bonds. The molecule has 0 saturated carbocycles. The van der Waals surface area contributed by atoms with Crippen LogP contribution in [0.15, 0.2) is 30.6 Å². The molecule has 0 spiro atoms. The normalized spacial score (nSPS) is 15.0. The summed E-state index contributed by atoms with van der Waals surface area (Å²) in [7, 11) is 0. The van der Waals surface area contributed by atoms with Crippen molar-refractivity contribution in [2.45, 2.75) is 13.0 Å². The number of halogens is 3. The van der Waals surface area contributed by atoms with Crippen molar-refractivity contribution in [3.63, 3.8) is 0 Å². The highest BCUT2D eigenvalue weighted by Gasteiger charge is 2.25. The lowest BCUT2D eigenvalue weighted by atomic mass is 10.2. The molecule has 29 heavy (non-hydrogen) atoms. The minimum Gasteiger partial charge on any atom is -0.337 e. The van der Waals surface area contributed by atoms with Crippen molar-refractivity contribution in [1.29, 1.82) is 0 Å². The highest BCUT2D eigenvalue weighted by molar-refractivity contribution is 5.96. The van der Waals surface area contributed by atoms with Gasteiger partial charge >= 0.3 is 6.03 Å². The van der Waals surface area contributed by atoms with Crippen LogP contribution in [0.3, 0.4) is 0 Å². The number of aromatic nitrogens is 2. The van der Waals surface area contributed by atoms with Crippen molar-refractivity contribution in [3.05, 3.63) is 48.0 Å². The van der Waals surface area contributed by atoms with Crippen LogP contribution in [0.1, 0.15) is 6.92 Å². The van der Waals surface area contributed by atoms with Crippen molar-refractivity contribution in [3.8, 4) is 0 Å². The Morgan fingerprint density at radius 3 is 2.21 bits per heavy atom.